The summed E-state index contributed by atoms with van der Waals surface area (Å²) in [6.45, 7) is 3.89. The minimum absolute atomic E-state index is 0.157. The van der Waals surface area contributed by atoms with Crippen molar-refractivity contribution in [1.29, 1.82) is 0 Å². The van der Waals surface area contributed by atoms with E-state index in [9.17, 15) is 4.39 Å². The van der Waals surface area contributed by atoms with E-state index in [2.05, 4.69) is 11.4 Å². The van der Waals surface area contributed by atoms with Crippen LogP contribution in [-0.4, -0.2) is 13.1 Å². The van der Waals surface area contributed by atoms with Crippen LogP contribution < -0.4 is 5.32 Å². The van der Waals surface area contributed by atoms with E-state index in [0.717, 1.165) is 25.1 Å². The van der Waals surface area contributed by atoms with E-state index in [1.54, 1.807) is 6.07 Å². The lowest BCUT2D eigenvalue weighted by Crippen LogP contribution is -2.21. The molecular weight excluding hydrogens is 177 g/mol. The predicted molar refractivity (Wildman–Crippen MR) is 56.6 cm³/mol. The summed E-state index contributed by atoms with van der Waals surface area (Å²) in [5.74, 6) is -0.157. The standard InChI is InChI=1S/C12H14FN/c1-9-7-11(13)4-5-12(9)10-3-2-6-14-8-10/h3-5,7,14H,2,6,8H2,1H3. The van der Waals surface area contributed by atoms with E-state index in [0.29, 0.717) is 0 Å². The number of hydrogen-bond donors (Lipinski definition) is 1. The molecule has 0 atom stereocenters. The Balaban J connectivity index is 2.35. The summed E-state index contributed by atoms with van der Waals surface area (Å²) >= 11 is 0. The van der Waals surface area contributed by atoms with Crippen LogP contribution >= 0.6 is 0 Å². The van der Waals surface area contributed by atoms with Crippen molar-refractivity contribution in [2.45, 2.75) is 13.3 Å². The van der Waals surface area contributed by atoms with Crippen LogP contribution in [0.1, 0.15) is 17.5 Å². The molecule has 0 saturated heterocycles. The van der Waals surface area contributed by atoms with Gasteiger partial charge < -0.3 is 5.32 Å². The average molecular weight is 191 g/mol. The Kier molecular flexibility index (Phi) is 2.64. The third-order valence-electron chi connectivity index (χ3n) is 2.56. The molecule has 1 N–H and O–H groups in total. The first-order valence-electron chi connectivity index (χ1n) is 4.93. The second-order valence-electron chi connectivity index (χ2n) is 3.65. The zero-order chi connectivity index (χ0) is 9.97. The molecule has 1 aliphatic heterocycles. The Hall–Kier alpha value is -1.15. The Bertz CT molecular complexity index is 369. The lowest BCUT2D eigenvalue weighted by molar-refractivity contribution is 0.626. The lowest BCUT2D eigenvalue weighted by Gasteiger charge is -2.16. The Morgan fingerprint density at radius 3 is 2.86 bits per heavy atom. The summed E-state index contributed by atoms with van der Waals surface area (Å²) in [4.78, 5) is 0. The fraction of sp³-hybridized carbons (Fsp3) is 0.333. The minimum Gasteiger partial charge on any atom is -0.312 e. The fourth-order valence-corrected chi connectivity index (χ4v) is 1.84. The zero-order valence-electron chi connectivity index (χ0n) is 8.31. The summed E-state index contributed by atoms with van der Waals surface area (Å²) in [5.41, 5.74) is 3.47. The molecular formula is C12H14FN. The summed E-state index contributed by atoms with van der Waals surface area (Å²) in [7, 11) is 0. The van der Waals surface area contributed by atoms with Crippen molar-refractivity contribution in [2.24, 2.45) is 0 Å². The van der Waals surface area contributed by atoms with Crippen molar-refractivity contribution >= 4 is 5.57 Å². The van der Waals surface area contributed by atoms with Gasteiger partial charge in [0.1, 0.15) is 5.82 Å². The van der Waals surface area contributed by atoms with Crippen LogP contribution in [0.2, 0.25) is 0 Å². The molecule has 0 amide bonds. The first-order valence-corrected chi connectivity index (χ1v) is 4.93. The number of halogens is 1. The molecule has 0 unspecified atom stereocenters. The van der Waals surface area contributed by atoms with Gasteiger partial charge in [-0.05, 0) is 48.7 Å². The van der Waals surface area contributed by atoms with Gasteiger partial charge in [-0.2, -0.15) is 0 Å². The van der Waals surface area contributed by atoms with Gasteiger partial charge in [0.2, 0.25) is 0 Å². The second kappa shape index (κ2) is 3.93. The van der Waals surface area contributed by atoms with Crippen molar-refractivity contribution in [3.63, 3.8) is 0 Å². The van der Waals surface area contributed by atoms with Crippen molar-refractivity contribution in [3.05, 3.63) is 41.2 Å². The SMILES string of the molecule is Cc1cc(F)ccc1C1=CCCNC1. The van der Waals surface area contributed by atoms with E-state index < -0.39 is 0 Å². The van der Waals surface area contributed by atoms with Crippen molar-refractivity contribution in [1.82, 2.24) is 5.32 Å². The molecule has 0 saturated carbocycles. The molecule has 14 heavy (non-hydrogen) atoms. The maximum absolute atomic E-state index is 12.9. The summed E-state index contributed by atoms with van der Waals surface area (Å²) < 4.78 is 12.9. The molecule has 1 aliphatic rings. The van der Waals surface area contributed by atoms with Gasteiger partial charge in [0.15, 0.2) is 0 Å². The minimum atomic E-state index is -0.157. The molecule has 0 fully saturated rings. The predicted octanol–water partition coefficient (Wildman–Crippen LogP) is 2.51. The molecule has 0 radical (unpaired) electrons. The first-order chi connectivity index (χ1) is 6.77. The highest BCUT2D eigenvalue weighted by Crippen LogP contribution is 2.21. The molecule has 1 aromatic carbocycles. The van der Waals surface area contributed by atoms with Crippen LogP contribution in [0, 0.1) is 12.7 Å². The molecule has 0 aliphatic carbocycles. The summed E-state index contributed by atoms with van der Waals surface area (Å²) in [6, 6.07) is 4.98. The molecule has 0 spiro atoms. The monoisotopic (exact) mass is 191 g/mol. The van der Waals surface area contributed by atoms with Crippen LogP contribution in [0.3, 0.4) is 0 Å². The van der Waals surface area contributed by atoms with Gasteiger partial charge in [-0.1, -0.05) is 12.1 Å². The van der Waals surface area contributed by atoms with E-state index >= 15 is 0 Å². The van der Waals surface area contributed by atoms with Crippen LogP contribution in [0.5, 0.6) is 0 Å². The number of nitrogens with one attached hydrogen (secondary N) is 1. The Morgan fingerprint density at radius 2 is 2.21 bits per heavy atom. The van der Waals surface area contributed by atoms with Crippen molar-refractivity contribution < 1.29 is 4.39 Å². The summed E-state index contributed by atoms with van der Waals surface area (Å²) in [5, 5.41) is 3.31. The number of rotatable bonds is 1. The van der Waals surface area contributed by atoms with Crippen LogP contribution in [0.4, 0.5) is 4.39 Å². The van der Waals surface area contributed by atoms with Gasteiger partial charge in [-0.3, -0.25) is 0 Å². The largest absolute Gasteiger partial charge is 0.312 e. The van der Waals surface area contributed by atoms with E-state index in [-0.39, 0.29) is 5.82 Å². The van der Waals surface area contributed by atoms with Gasteiger partial charge >= 0.3 is 0 Å². The Labute approximate surface area is 83.6 Å². The molecule has 0 bridgehead atoms. The second-order valence-corrected chi connectivity index (χ2v) is 3.65. The zero-order valence-corrected chi connectivity index (χ0v) is 8.31. The van der Waals surface area contributed by atoms with E-state index in [4.69, 9.17) is 0 Å². The van der Waals surface area contributed by atoms with Crippen molar-refractivity contribution in [3.8, 4) is 0 Å². The van der Waals surface area contributed by atoms with Gasteiger partial charge in [0.25, 0.3) is 0 Å². The molecule has 74 valence electrons. The highest BCUT2D eigenvalue weighted by Gasteiger charge is 2.08. The number of aryl methyl sites for hydroxylation is 1. The smallest absolute Gasteiger partial charge is 0.123 e. The van der Waals surface area contributed by atoms with Crippen LogP contribution in [0.25, 0.3) is 5.57 Å². The topological polar surface area (TPSA) is 12.0 Å². The molecule has 2 heteroatoms. The molecule has 1 heterocycles. The number of hydrogen-bond acceptors (Lipinski definition) is 1. The van der Waals surface area contributed by atoms with E-state index in [1.165, 1.54) is 17.2 Å². The highest BCUT2D eigenvalue weighted by atomic mass is 19.1. The Morgan fingerprint density at radius 1 is 1.36 bits per heavy atom. The first kappa shape index (κ1) is 9.41. The molecule has 2 rings (SSSR count). The molecule has 0 aromatic heterocycles. The third kappa shape index (κ3) is 1.85. The maximum Gasteiger partial charge on any atom is 0.123 e. The van der Waals surface area contributed by atoms with Crippen LogP contribution in [0.15, 0.2) is 24.3 Å². The highest BCUT2D eigenvalue weighted by molar-refractivity contribution is 5.70. The normalized spacial score (nSPS) is 16.6. The van der Waals surface area contributed by atoms with E-state index in [1.807, 2.05) is 13.0 Å². The average Bonchev–Trinajstić information content (AvgIpc) is 2.19. The quantitative estimate of drug-likeness (QED) is 0.719. The van der Waals surface area contributed by atoms with Gasteiger partial charge in [-0.15, -0.1) is 0 Å². The maximum atomic E-state index is 12.9. The van der Waals surface area contributed by atoms with Gasteiger partial charge in [-0.25, -0.2) is 4.39 Å². The fourth-order valence-electron chi connectivity index (χ4n) is 1.84. The van der Waals surface area contributed by atoms with Gasteiger partial charge in [0.05, 0.1) is 0 Å². The molecule has 1 aromatic rings. The summed E-state index contributed by atoms with van der Waals surface area (Å²) in [6.07, 6.45) is 3.29. The van der Waals surface area contributed by atoms with Crippen molar-refractivity contribution in [2.75, 3.05) is 13.1 Å². The molecule has 1 nitrogen and oxygen atoms in total. The third-order valence-corrected chi connectivity index (χ3v) is 2.56. The lowest BCUT2D eigenvalue weighted by atomic mass is 9.98. The van der Waals surface area contributed by atoms with Gasteiger partial charge in [0, 0.05) is 6.54 Å². The number of benzene rings is 1. The van der Waals surface area contributed by atoms with Crippen LogP contribution in [-0.2, 0) is 0 Å².